The molecule has 2 aromatic heterocycles. The summed E-state index contributed by atoms with van der Waals surface area (Å²) in [6, 6.07) is 7.46. The molecule has 1 saturated heterocycles. The molecule has 37 heavy (non-hydrogen) atoms. The molecule has 1 fully saturated rings. The molecule has 0 bridgehead atoms. The minimum Gasteiger partial charge on any atom is -0.345 e. The summed E-state index contributed by atoms with van der Waals surface area (Å²) in [6.45, 7) is 0.321. The molecular weight excluding hydrogens is 535 g/mol. The standard InChI is InChI=1S/C22H16F3N5O5S2/c23-22(24,25)14-10-16-19(17(11-14)30(32)33)36-21(27-20(16)31)28-6-8-29(9-7-28)37(34,35)18-3-1-2-13-12-26-5-4-15(13)18/h1-5,10-12H,6-9H2. The monoisotopic (exact) mass is 551 g/mol. The molecule has 0 atom stereocenters. The van der Waals surface area contributed by atoms with Gasteiger partial charge in [0.2, 0.25) is 10.0 Å². The predicted octanol–water partition coefficient (Wildman–Crippen LogP) is 3.64. The van der Waals surface area contributed by atoms with Gasteiger partial charge in [-0.05, 0) is 18.2 Å². The van der Waals surface area contributed by atoms with Crippen molar-refractivity contribution in [3.8, 4) is 0 Å². The summed E-state index contributed by atoms with van der Waals surface area (Å²) < 4.78 is 67.4. The van der Waals surface area contributed by atoms with Crippen LogP contribution in [0.1, 0.15) is 5.56 Å². The van der Waals surface area contributed by atoms with Gasteiger partial charge in [0.25, 0.3) is 11.2 Å². The zero-order valence-corrected chi connectivity index (χ0v) is 20.3. The number of hydrogen-bond acceptors (Lipinski definition) is 9. The number of alkyl halides is 3. The van der Waals surface area contributed by atoms with Crippen molar-refractivity contribution in [3.05, 3.63) is 74.8 Å². The molecule has 10 nitrogen and oxygen atoms in total. The summed E-state index contributed by atoms with van der Waals surface area (Å²) >= 11 is 0.720. The first kappa shape index (κ1) is 25.0. The van der Waals surface area contributed by atoms with Crippen molar-refractivity contribution in [1.82, 2.24) is 14.3 Å². The molecule has 2 aromatic carbocycles. The van der Waals surface area contributed by atoms with Gasteiger partial charge >= 0.3 is 6.18 Å². The minimum atomic E-state index is -4.88. The van der Waals surface area contributed by atoms with Crippen LogP contribution in [0.5, 0.6) is 0 Å². The Morgan fingerprint density at radius 3 is 2.46 bits per heavy atom. The lowest BCUT2D eigenvalue weighted by atomic mass is 10.1. The Balaban J connectivity index is 1.45. The molecule has 0 aliphatic carbocycles. The van der Waals surface area contributed by atoms with E-state index in [2.05, 4.69) is 9.97 Å². The fraction of sp³-hybridized carbons (Fsp3) is 0.227. The highest BCUT2D eigenvalue weighted by Gasteiger charge is 2.35. The molecule has 0 N–H and O–H groups in total. The van der Waals surface area contributed by atoms with Gasteiger partial charge in [0.1, 0.15) is 4.70 Å². The molecule has 0 amide bonds. The molecule has 0 spiro atoms. The second-order valence-electron chi connectivity index (χ2n) is 8.17. The highest BCUT2D eigenvalue weighted by Crippen LogP contribution is 2.38. The number of anilines is 1. The quantitative estimate of drug-likeness (QED) is 0.278. The first-order chi connectivity index (χ1) is 17.5. The van der Waals surface area contributed by atoms with Crippen LogP contribution >= 0.6 is 11.3 Å². The normalized spacial score (nSPS) is 15.4. The Morgan fingerprint density at radius 1 is 1.05 bits per heavy atom. The third-order valence-corrected chi connectivity index (χ3v) is 9.10. The molecule has 0 saturated carbocycles. The van der Waals surface area contributed by atoms with Crippen molar-refractivity contribution in [2.24, 2.45) is 0 Å². The first-order valence-electron chi connectivity index (χ1n) is 10.7. The first-order valence-corrected chi connectivity index (χ1v) is 13.0. The van der Waals surface area contributed by atoms with Gasteiger partial charge in [0.05, 0.1) is 20.8 Å². The van der Waals surface area contributed by atoms with E-state index >= 15 is 0 Å². The van der Waals surface area contributed by atoms with Crippen LogP contribution in [-0.2, 0) is 16.2 Å². The molecule has 192 valence electrons. The lowest BCUT2D eigenvalue weighted by molar-refractivity contribution is -0.383. The number of piperazine rings is 1. The Labute approximate surface area is 210 Å². The van der Waals surface area contributed by atoms with Crippen LogP contribution in [0.3, 0.4) is 0 Å². The molecule has 5 rings (SSSR count). The number of nitrogens with zero attached hydrogens (tertiary/aromatic N) is 5. The van der Waals surface area contributed by atoms with Gasteiger partial charge in [0.15, 0.2) is 5.13 Å². The number of hydrogen-bond donors (Lipinski definition) is 0. The number of halogens is 3. The fourth-order valence-electron chi connectivity index (χ4n) is 4.15. The van der Waals surface area contributed by atoms with E-state index in [1.165, 1.54) is 16.6 Å². The summed E-state index contributed by atoms with van der Waals surface area (Å²) in [7, 11) is -3.87. The molecule has 15 heteroatoms. The second-order valence-corrected chi connectivity index (χ2v) is 11.1. The number of benzene rings is 2. The van der Waals surface area contributed by atoms with Gasteiger partial charge in [-0.15, -0.1) is 0 Å². The van der Waals surface area contributed by atoms with Gasteiger partial charge in [-0.25, -0.2) is 8.42 Å². The van der Waals surface area contributed by atoms with Crippen molar-refractivity contribution in [2.45, 2.75) is 11.1 Å². The Bertz CT molecular complexity index is 1710. The molecule has 3 heterocycles. The largest absolute Gasteiger partial charge is 0.416 e. The maximum atomic E-state index is 13.4. The topological polar surface area (TPSA) is 127 Å². The van der Waals surface area contributed by atoms with E-state index in [0.717, 1.165) is 11.3 Å². The van der Waals surface area contributed by atoms with Gasteiger partial charge < -0.3 is 4.90 Å². The van der Waals surface area contributed by atoms with E-state index in [4.69, 9.17) is 0 Å². The summed E-state index contributed by atoms with van der Waals surface area (Å²) in [4.78, 5) is 32.7. The van der Waals surface area contributed by atoms with Crippen LogP contribution in [0.2, 0.25) is 0 Å². The number of nitro groups is 1. The Hall–Kier alpha value is -3.69. The lowest BCUT2D eigenvalue weighted by Crippen LogP contribution is -2.49. The Morgan fingerprint density at radius 2 is 1.78 bits per heavy atom. The third kappa shape index (κ3) is 4.49. The molecule has 1 aliphatic rings. The SMILES string of the molecule is O=c1nc(N2CCN(S(=O)(=O)c3cccc4cnccc34)CC2)sc2c([N+](=O)[O-])cc(C(F)(F)F)cc12. The average Bonchev–Trinajstić information content (AvgIpc) is 2.87. The molecule has 4 aromatic rings. The van der Waals surface area contributed by atoms with E-state index in [9.17, 15) is 36.5 Å². The predicted molar refractivity (Wildman–Crippen MR) is 130 cm³/mol. The van der Waals surface area contributed by atoms with E-state index in [1.807, 2.05) is 0 Å². The Kier molecular flexibility index (Phi) is 6.08. The number of pyridine rings is 1. The van der Waals surface area contributed by atoms with Crippen LogP contribution < -0.4 is 10.5 Å². The van der Waals surface area contributed by atoms with Crippen molar-refractivity contribution >= 4 is 53.0 Å². The number of nitro benzene ring substituents is 1. The zero-order chi connectivity index (χ0) is 26.5. The molecule has 0 radical (unpaired) electrons. The highest BCUT2D eigenvalue weighted by molar-refractivity contribution is 7.89. The number of non-ortho nitro benzene ring substituents is 1. The van der Waals surface area contributed by atoms with Crippen LogP contribution in [-0.4, -0.2) is 53.8 Å². The van der Waals surface area contributed by atoms with E-state index < -0.39 is 43.3 Å². The van der Waals surface area contributed by atoms with Crippen LogP contribution in [0.25, 0.3) is 20.9 Å². The maximum absolute atomic E-state index is 13.4. The smallest absolute Gasteiger partial charge is 0.345 e. The van der Waals surface area contributed by atoms with Crippen molar-refractivity contribution < 1.29 is 26.5 Å². The molecule has 1 aliphatic heterocycles. The van der Waals surface area contributed by atoms with E-state index in [0.29, 0.717) is 22.9 Å². The second kappa shape index (κ2) is 9.00. The van der Waals surface area contributed by atoms with Crippen LogP contribution in [0.4, 0.5) is 24.0 Å². The third-order valence-electron chi connectivity index (χ3n) is 5.98. The van der Waals surface area contributed by atoms with Gasteiger partial charge in [-0.1, -0.05) is 23.5 Å². The number of aromatic nitrogens is 2. The number of rotatable bonds is 4. The average molecular weight is 552 g/mol. The van der Waals surface area contributed by atoms with Gasteiger partial charge in [0, 0.05) is 55.4 Å². The van der Waals surface area contributed by atoms with Gasteiger partial charge in [-0.3, -0.25) is 19.9 Å². The summed E-state index contributed by atoms with van der Waals surface area (Å²) in [6.07, 6.45) is -1.81. The summed E-state index contributed by atoms with van der Waals surface area (Å²) in [5.41, 5.74) is -3.19. The molecular formula is C22H16F3N5O5S2. The van der Waals surface area contributed by atoms with Crippen molar-refractivity contribution in [1.29, 1.82) is 0 Å². The van der Waals surface area contributed by atoms with E-state index in [-0.39, 0.29) is 40.9 Å². The lowest BCUT2D eigenvalue weighted by Gasteiger charge is -2.34. The molecule has 0 unspecified atom stereocenters. The van der Waals surface area contributed by atoms with Crippen molar-refractivity contribution in [2.75, 3.05) is 31.1 Å². The van der Waals surface area contributed by atoms with Gasteiger partial charge in [-0.2, -0.15) is 22.5 Å². The van der Waals surface area contributed by atoms with Crippen LogP contribution in [0, 0.1) is 10.1 Å². The number of fused-ring (bicyclic) bond motifs is 2. The minimum absolute atomic E-state index is 0.0412. The fourth-order valence-corrected chi connectivity index (χ4v) is 6.91. The van der Waals surface area contributed by atoms with E-state index in [1.54, 1.807) is 29.3 Å². The maximum Gasteiger partial charge on any atom is 0.416 e. The highest BCUT2D eigenvalue weighted by atomic mass is 32.2. The zero-order valence-electron chi connectivity index (χ0n) is 18.7. The van der Waals surface area contributed by atoms with Crippen LogP contribution in [0.15, 0.2) is 58.5 Å². The van der Waals surface area contributed by atoms with Crippen molar-refractivity contribution in [3.63, 3.8) is 0 Å². The summed E-state index contributed by atoms with van der Waals surface area (Å²) in [5.74, 6) is 0. The summed E-state index contributed by atoms with van der Waals surface area (Å²) in [5, 5.41) is 12.3. The number of sulfonamides is 1.